The van der Waals surface area contributed by atoms with Crippen LogP contribution in [0.4, 0.5) is 0 Å². The van der Waals surface area contributed by atoms with Crippen LogP contribution in [0.3, 0.4) is 0 Å². The van der Waals surface area contributed by atoms with Gasteiger partial charge in [0.25, 0.3) is 11.5 Å². The minimum Gasteiger partial charge on any atom is -0.494 e. The average Bonchev–Trinajstić information content (AvgIpc) is 2.77. The average molecular weight is 429 g/mol. The predicted molar refractivity (Wildman–Crippen MR) is 121 cm³/mol. The monoisotopic (exact) mass is 429 g/mol. The Morgan fingerprint density at radius 3 is 2.53 bits per heavy atom. The van der Waals surface area contributed by atoms with Crippen molar-refractivity contribution < 1.29 is 9.53 Å². The van der Waals surface area contributed by atoms with Gasteiger partial charge in [0.2, 0.25) is 0 Å². The number of nitriles is 1. The maximum absolute atomic E-state index is 12.8. The highest BCUT2D eigenvalue weighted by Crippen LogP contribution is 2.15. The van der Waals surface area contributed by atoms with Gasteiger partial charge in [0.15, 0.2) is 5.69 Å². The Hall–Kier alpha value is -4.25. The van der Waals surface area contributed by atoms with Gasteiger partial charge in [-0.15, -0.1) is 0 Å². The first-order valence-corrected chi connectivity index (χ1v) is 10.0. The highest BCUT2D eigenvalue weighted by atomic mass is 16.5. The number of rotatable bonds is 6. The van der Waals surface area contributed by atoms with Crippen molar-refractivity contribution in [2.75, 3.05) is 6.61 Å². The molecule has 1 heterocycles. The molecule has 0 unspecified atom stereocenters. The molecule has 32 heavy (non-hydrogen) atoms. The molecule has 0 bridgehead atoms. The summed E-state index contributed by atoms with van der Waals surface area (Å²) in [5.74, 6) is 0.116. The van der Waals surface area contributed by atoms with Gasteiger partial charge in [-0.05, 0) is 80.8 Å². The molecule has 3 aromatic rings. The van der Waals surface area contributed by atoms with Gasteiger partial charge in [-0.3, -0.25) is 9.59 Å². The number of carbonyl (C=O) groups excluding carboxylic acids is 1. The topological polar surface area (TPSA) is 109 Å². The summed E-state index contributed by atoms with van der Waals surface area (Å²) in [5.41, 5.74) is 5.08. The summed E-state index contributed by atoms with van der Waals surface area (Å²) in [6.45, 7) is 7.86. The van der Waals surface area contributed by atoms with Gasteiger partial charge in [0.1, 0.15) is 17.4 Å². The van der Waals surface area contributed by atoms with Crippen molar-refractivity contribution in [1.82, 2.24) is 15.2 Å². The van der Waals surface area contributed by atoms with Crippen molar-refractivity contribution in [3.8, 4) is 17.5 Å². The minimum absolute atomic E-state index is 0.0526. The normalized spacial score (nSPS) is 10.7. The van der Waals surface area contributed by atoms with E-state index < -0.39 is 11.5 Å². The highest BCUT2D eigenvalue weighted by Gasteiger charge is 2.20. The second kappa shape index (κ2) is 9.71. The lowest BCUT2D eigenvalue weighted by molar-refractivity contribution is 0.0947. The maximum atomic E-state index is 12.8. The zero-order valence-corrected chi connectivity index (χ0v) is 18.3. The van der Waals surface area contributed by atoms with E-state index in [9.17, 15) is 14.9 Å². The van der Waals surface area contributed by atoms with Gasteiger partial charge in [0.05, 0.1) is 18.5 Å². The Bertz CT molecular complexity index is 1280. The van der Waals surface area contributed by atoms with Crippen LogP contribution in [0.5, 0.6) is 5.75 Å². The molecule has 8 nitrogen and oxygen atoms in total. The summed E-state index contributed by atoms with van der Waals surface area (Å²) >= 11 is 0. The Balaban J connectivity index is 1.91. The summed E-state index contributed by atoms with van der Waals surface area (Å²) in [6.07, 6.45) is 1.48. The minimum atomic E-state index is -0.626. The third-order valence-corrected chi connectivity index (χ3v) is 4.97. The number of hydrogen-bond donors (Lipinski definition) is 1. The highest BCUT2D eigenvalue weighted by molar-refractivity contribution is 5.94. The van der Waals surface area contributed by atoms with Crippen LogP contribution >= 0.6 is 0 Å². The third kappa shape index (κ3) is 4.73. The van der Waals surface area contributed by atoms with Crippen LogP contribution in [0, 0.1) is 32.1 Å². The van der Waals surface area contributed by atoms with Crippen molar-refractivity contribution in [2.45, 2.75) is 27.7 Å². The fraction of sp³-hybridized carbons (Fsp3) is 0.208. The second-order valence-electron chi connectivity index (χ2n) is 7.15. The molecule has 0 radical (unpaired) electrons. The predicted octanol–water partition coefficient (Wildman–Crippen LogP) is 3.19. The summed E-state index contributed by atoms with van der Waals surface area (Å²) < 4.78 is 6.46. The molecule has 0 aliphatic heterocycles. The van der Waals surface area contributed by atoms with Crippen LogP contribution in [0.25, 0.3) is 5.69 Å². The molecule has 3 rings (SSSR count). The van der Waals surface area contributed by atoms with Gasteiger partial charge < -0.3 is 4.74 Å². The van der Waals surface area contributed by atoms with E-state index in [1.165, 1.54) is 13.1 Å². The Labute approximate surface area is 185 Å². The van der Waals surface area contributed by atoms with Crippen molar-refractivity contribution in [3.63, 3.8) is 0 Å². The molecule has 8 heteroatoms. The van der Waals surface area contributed by atoms with E-state index in [1.807, 2.05) is 32.9 Å². The number of carbonyl (C=O) groups is 1. The van der Waals surface area contributed by atoms with Crippen LogP contribution in [-0.4, -0.2) is 28.5 Å². The molecule has 0 aliphatic carbocycles. The van der Waals surface area contributed by atoms with Crippen molar-refractivity contribution >= 4 is 12.1 Å². The van der Waals surface area contributed by atoms with Gasteiger partial charge in [-0.1, -0.05) is 6.07 Å². The summed E-state index contributed by atoms with van der Waals surface area (Å²) in [6, 6.07) is 14.5. The fourth-order valence-corrected chi connectivity index (χ4v) is 3.02. The number of benzene rings is 2. The zero-order valence-electron chi connectivity index (χ0n) is 18.3. The van der Waals surface area contributed by atoms with Crippen molar-refractivity contribution in [3.05, 3.63) is 86.3 Å². The smallest absolute Gasteiger partial charge is 0.292 e. The standard InChI is InChI=1S/C24H23N5O3/c1-5-32-20-10-7-18(8-11-20)14-26-27-23(30)22-17(4)21(13-25)24(31)29(28-22)19-9-6-15(2)16(3)12-19/h6-12,14H,5H2,1-4H3,(H,27,30)/b26-14+. The number of ether oxygens (including phenoxy) is 1. The van der Waals surface area contributed by atoms with Crippen LogP contribution in [0.1, 0.15) is 45.2 Å². The molecule has 1 N–H and O–H groups in total. The lowest BCUT2D eigenvalue weighted by atomic mass is 10.1. The summed E-state index contributed by atoms with van der Waals surface area (Å²) in [7, 11) is 0. The van der Waals surface area contributed by atoms with Crippen molar-refractivity contribution in [2.24, 2.45) is 5.10 Å². The lowest BCUT2D eigenvalue weighted by Crippen LogP contribution is -2.31. The summed E-state index contributed by atoms with van der Waals surface area (Å²) in [4.78, 5) is 25.5. The van der Waals surface area contributed by atoms with E-state index in [0.717, 1.165) is 27.1 Å². The quantitative estimate of drug-likeness (QED) is 0.478. The number of hydrazone groups is 1. The second-order valence-corrected chi connectivity index (χ2v) is 7.15. The Kier molecular flexibility index (Phi) is 6.80. The SMILES string of the molecule is CCOc1ccc(/C=N/NC(=O)c2nn(-c3ccc(C)c(C)c3)c(=O)c(C#N)c2C)cc1. The molecule has 0 fully saturated rings. The van der Waals surface area contributed by atoms with E-state index in [1.54, 1.807) is 36.4 Å². The first kappa shape index (κ1) is 22.4. The van der Waals surface area contributed by atoms with Gasteiger partial charge in [0, 0.05) is 5.56 Å². The molecule has 2 aromatic carbocycles. The molecule has 162 valence electrons. The number of nitrogens with one attached hydrogen (secondary N) is 1. The van der Waals surface area contributed by atoms with E-state index in [2.05, 4.69) is 15.6 Å². The van der Waals surface area contributed by atoms with Crippen LogP contribution in [-0.2, 0) is 0 Å². The van der Waals surface area contributed by atoms with E-state index >= 15 is 0 Å². The number of aryl methyl sites for hydroxylation is 2. The third-order valence-electron chi connectivity index (χ3n) is 4.97. The molecule has 1 aromatic heterocycles. The van der Waals surface area contributed by atoms with E-state index in [0.29, 0.717) is 12.3 Å². The number of hydrogen-bond acceptors (Lipinski definition) is 6. The fourth-order valence-electron chi connectivity index (χ4n) is 3.02. The molecule has 0 saturated carbocycles. The molecule has 1 amide bonds. The first-order valence-electron chi connectivity index (χ1n) is 10.0. The molecular formula is C24H23N5O3. The largest absolute Gasteiger partial charge is 0.494 e. The van der Waals surface area contributed by atoms with E-state index in [-0.39, 0.29) is 16.8 Å². The van der Waals surface area contributed by atoms with Crippen LogP contribution in [0.2, 0.25) is 0 Å². The summed E-state index contributed by atoms with van der Waals surface area (Å²) in [5, 5.41) is 17.7. The molecule has 0 atom stereocenters. The zero-order chi connectivity index (χ0) is 23.3. The maximum Gasteiger partial charge on any atom is 0.292 e. The number of aromatic nitrogens is 2. The van der Waals surface area contributed by atoms with Crippen molar-refractivity contribution in [1.29, 1.82) is 5.26 Å². The molecule has 0 aliphatic rings. The molecular weight excluding hydrogens is 406 g/mol. The van der Waals surface area contributed by atoms with Gasteiger partial charge >= 0.3 is 0 Å². The van der Waals surface area contributed by atoms with Gasteiger partial charge in [-0.25, -0.2) is 5.43 Å². The van der Waals surface area contributed by atoms with Gasteiger partial charge in [-0.2, -0.15) is 20.1 Å². The first-order chi connectivity index (χ1) is 15.3. The molecule has 0 saturated heterocycles. The lowest BCUT2D eigenvalue weighted by Gasteiger charge is -2.11. The Morgan fingerprint density at radius 1 is 1.19 bits per heavy atom. The van der Waals surface area contributed by atoms with Crippen LogP contribution in [0.15, 0.2) is 52.4 Å². The molecule has 0 spiro atoms. The number of nitrogens with zero attached hydrogens (tertiary/aromatic N) is 4. The van der Waals surface area contributed by atoms with Crippen LogP contribution < -0.4 is 15.7 Å². The number of amides is 1. The van der Waals surface area contributed by atoms with E-state index in [4.69, 9.17) is 4.74 Å². The Morgan fingerprint density at radius 2 is 1.91 bits per heavy atom.